The standard InChI is InChI=1S/C17H22N2O/c1-13(19-11-9-18(2)10-12-19)15-8-7-14-5-3-4-6-16(14)17(15)20/h3-8,13,20H,9-12H2,1-2H3. The first-order chi connectivity index (χ1) is 9.66. The molecule has 0 aliphatic carbocycles. The number of nitrogens with zero attached hydrogens (tertiary/aromatic N) is 2. The lowest BCUT2D eigenvalue weighted by atomic mass is 9.99. The van der Waals surface area contributed by atoms with Gasteiger partial charge in [0.05, 0.1) is 0 Å². The van der Waals surface area contributed by atoms with Crippen LogP contribution in [0.15, 0.2) is 36.4 Å². The highest BCUT2D eigenvalue weighted by Crippen LogP contribution is 2.34. The van der Waals surface area contributed by atoms with Crippen molar-refractivity contribution in [3.05, 3.63) is 42.0 Å². The number of hydrogen-bond acceptors (Lipinski definition) is 3. The summed E-state index contributed by atoms with van der Waals surface area (Å²) in [6.45, 7) is 6.50. The quantitative estimate of drug-likeness (QED) is 0.909. The normalized spacial score (nSPS) is 19.3. The van der Waals surface area contributed by atoms with Gasteiger partial charge in [0.15, 0.2) is 0 Å². The summed E-state index contributed by atoms with van der Waals surface area (Å²) in [6, 6.07) is 12.5. The molecule has 1 saturated heterocycles. The predicted molar refractivity (Wildman–Crippen MR) is 83.1 cm³/mol. The van der Waals surface area contributed by atoms with E-state index < -0.39 is 0 Å². The van der Waals surface area contributed by atoms with Gasteiger partial charge >= 0.3 is 0 Å². The Hall–Kier alpha value is -1.58. The van der Waals surface area contributed by atoms with Gasteiger partial charge in [-0.2, -0.15) is 0 Å². The van der Waals surface area contributed by atoms with Crippen LogP contribution in [-0.2, 0) is 0 Å². The zero-order valence-electron chi connectivity index (χ0n) is 12.2. The highest BCUT2D eigenvalue weighted by atomic mass is 16.3. The number of piperazine rings is 1. The van der Waals surface area contributed by atoms with E-state index in [1.54, 1.807) is 0 Å². The fraction of sp³-hybridized carbons (Fsp3) is 0.412. The number of fused-ring (bicyclic) bond motifs is 1. The Balaban J connectivity index is 1.91. The van der Waals surface area contributed by atoms with Crippen LogP contribution in [-0.4, -0.2) is 48.1 Å². The first-order valence-electron chi connectivity index (χ1n) is 7.30. The lowest BCUT2D eigenvalue weighted by Crippen LogP contribution is -2.45. The van der Waals surface area contributed by atoms with Gasteiger partial charge in [0.2, 0.25) is 0 Å². The lowest BCUT2D eigenvalue weighted by Gasteiger charge is -2.36. The number of aromatic hydroxyl groups is 1. The van der Waals surface area contributed by atoms with Crippen molar-refractivity contribution >= 4 is 10.8 Å². The highest BCUT2D eigenvalue weighted by Gasteiger charge is 2.22. The summed E-state index contributed by atoms with van der Waals surface area (Å²) in [5, 5.41) is 12.6. The largest absolute Gasteiger partial charge is 0.507 e. The number of benzene rings is 2. The molecule has 0 spiro atoms. The summed E-state index contributed by atoms with van der Waals surface area (Å²) in [6.07, 6.45) is 0. The molecule has 3 heteroatoms. The molecular weight excluding hydrogens is 248 g/mol. The molecule has 1 heterocycles. The van der Waals surface area contributed by atoms with Crippen molar-refractivity contribution in [3.63, 3.8) is 0 Å². The molecule has 2 aromatic rings. The zero-order chi connectivity index (χ0) is 14.1. The second-order valence-electron chi connectivity index (χ2n) is 5.74. The Morgan fingerprint density at radius 2 is 1.70 bits per heavy atom. The molecule has 1 aliphatic heterocycles. The predicted octanol–water partition coefficient (Wildman–Crippen LogP) is 2.85. The minimum Gasteiger partial charge on any atom is -0.507 e. The van der Waals surface area contributed by atoms with E-state index in [-0.39, 0.29) is 6.04 Å². The number of rotatable bonds is 2. The summed E-state index contributed by atoms with van der Waals surface area (Å²) >= 11 is 0. The van der Waals surface area contributed by atoms with Gasteiger partial charge in [-0.25, -0.2) is 0 Å². The summed E-state index contributed by atoms with van der Waals surface area (Å²) in [4.78, 5) is 4.80. The van der Waals surface area contributed by atoms with Crippen LogP contribution < -0.4 is 0 Å². The van der Waals surface area contributed by atoms with Gasteiger partial charge < -0.3 is 10.0 Å². The van der Waals surface area contributed by atoms with E-state index in [0.29, 0.717) is 5.75 Å². The Bertz CT molecular complexity index is 603. The third kappa shape index (κ3) is 2.39. The fourth-order valence-corrected chi connectivity index (χ4v) is 3.02. The van der Waals surface area contributed by atoms with Crippen LogP contribution in [0.3, 0.4) is 0 Å². The molecule has 1 aliphatic rings. The molecule has 106 valence electrons. The van der Waals surface area contributed by atoms with Crippen molar-refractivity contribution in [1.82, 2.24) is 9.80 Å². The van der Waals surface area contributed by atoms with Crippen LogP contribution in [0.2, 0.25) is 0 Å². The molecule has 1 atom stereocenters. The Labute approximate surface area is 120 Å². The van der Waals surface area contributed by atoms with Gasteiger partial charge in [-0.3, -0.25) is 4.90 Å². The summed E-state index contributed by atoms with van der Waals surface area (Å²) in [7, 11) is 2.16. The van der Waals surface area contributed by atoms with Crippen LogP contribution >= 0.6 is 0 Å². The van der Waals surface area contributed by atoms with Crippen LogP contribution in [0.1, 0.15) is 18.5 Å². The maximum absolute atomic E-state index is 10.6. The van der Waals surface area contributed by atoms with Gasteiger partial charge in [0, 0.05) is 43.2 Å². The van der Waals surface area contributed by atoms with Crippen LogP contribution in [0, 0.1) is 0 Å². The van der Waals surface area contributed by atoms with Crippen LogP contribution in [0.5, 0.6) is 5.75 Å². The van der Waals surface area contributed by atoms with Crippen molar-refractivity contribution < 1.29 is 5.11 Å². The molecule has 3 rings (SSSR count). The minimum atomic E-state index is 0.258. The Morgan fingerprint density at radius 3 is 2.45 bits per heavy atom. The zero-order valence-corrected chi connectivity index (χ0v) is 12.2. The number of phenolic OH excluding ortho intramolecular Hbond substituents is 1. The Morgan fingerprint density at radius 1 is 1.00 bits per heavy atom. The lowest BCUT2D eigenvalue weighted by molar-refractivity contribution is 0.118. The van der Waals surface area contributed by atoms with E-state index in [2.05, 4.69) is 35.9 Å². The highest BCUT2D eigenvalue weighted by molar-refractivity contribution is 5.89. The second-order valence-corrected chi connectivity index (χ2v) is 5.74. The molecule has 20 heavy (non-hydrogen) atoms. The molecule has 1 N–H and O–H groups in total. The number of phenols is 1. The van der Waals surface area contributed by atoms with Crippen molar-refractivity contribution in [2.75, 3.05) is 33.2 Å². The van der Waals surface area contributed by atoms with Crippen molar-refractivity contribution in [2.45, 2.75) is 13.0 Å². The third-order valence-corrected chi connectivity index (χ3v) is 4.47. The second kappa shape index (κ2) is 5.43. The number of hydrogen-bond donors (Lipinski definition) is 1. The van der Waals surface area contributed by atoms with Crippen LogP contribution in [0.25, 0.3) is 10.8 Å². The summed E-state index contributed by atoms with van der Waals surface area (Å²) in [5.41, 5.74) is 1.04. The molecule has 0 bridgehead atoms. The topological polar surface area (TPSA) is 26.7 Å². The Kier molecular flexibility index (Phi) is 3.64. The molecular formula is C17H22N2O. The van der Waals surface area contributed by atoms with Gasteiger partial charge in [-0.15, -0.1) is 0 Å². The average Bonchev–Trinajstić information content (AvgIpc) is 2.48. The van der Waals surface area contributed by atoms with E-state index in [4.69, 9.17) is 0 Å². The van der Waals surface area contributed by atoms with E-state index >= 15 is 0 Å². The van der Waals surface area contributed by atoms with Gasteiger partial charge in [0.1, 0.15) is 5.75 Å². The molecule has 2 aromatic carbocycles. The van der Waals surface area contributed by atoms with Gasteiger partial charge in [-0.05, 0) is 19.4 Å². The molecule has 1 unspecified atom stereocenters. The molecule has 0 radical (unpaired) electrons. The van der Waals surface area contributed by atoms with Crippen molar-refractivity contribution in [1.29, 1.82) is 0 Å². The number of likely N-dealkylation sites (N-methyl/N-ethyl adjacent to an activating group) is 1. The third-order valence-electron chi connectivity index (χ3n) is 4.47. The minimum absolute atomic E-state index is 0.258. The van der Waals surface area contributed by atoms with E-state index in [9.17, 15) is 5.11 Å². The van der Waals surface area contributed by atoms with Gasteiger partial charge in [-0.1, -0.05) is 36.4 Å². The molecule has 0 saturated carbocycles. The van der Waals surface area contributed by atoms with Crippen molar-refractivity contribution in [2.24, 2.45) is 0 Å². The monoisotopic (exact) mass is 270 g/mol. The maximum Gasteiger partial charge on any atom is 0.128 e. The SMILES string of the molecule is CC(c1ccc2ccccc2c1O)N1CCN(C)CC1. The molecule has 0 amide bonds. The maximum atomic E-state index is 10.6. The van der Waals surface area contributed by atoms with Gasteiger partial charge in [0.25, 0.3) is 0 Å². The van der Waals surface area contributed by atoms with E-state index in [1.807, 2.05) is 24.3 Å². The van der Waals surface area contributed by atoms with E-state index in [0.717, 1.165) is 42.5 Å². The van der Waals surface area contributed by atoms with E-state index in [1.165, 1.54) is 0 Å². The first-order valence-corrected chi connectivity index (χ1v) is 7.30. The summed E-state index contributed by atoms with van der Waals surface area (Å²) < 4.78 is 0. The molecule has 0 aromatic heterocycles. The van der Waals surface area contributed by atoms with Crippen LogP contribution in [0.4, 0.5) is 0 Å². The first kappa shape index (κ1) is 13.4. The fourth-order valence-electron chi connectivity index (χ4n) is 3.02. The molecule has 1 fully saturated rings. The summed E-state index contributed by atoms with van der Waals surface area (Å²) in [5.74, 6) is 0.439. The van der Waals surface area contributed by atoms with Crippen molar-refractivity contribution in [3.8, 4) is 5.75 Å². The smallest absolute Gasteiger partial charge is 0.128 e. The average molecular weight is 270 g/mol. The molecule has 3 nitrogen and oxygen atoms in total.